The minimum Gasteiger partial charge on any atom is -1.00 e. The van der Waals surface area contributed by atoms with E-state index in [1.165, 1.54) is 86.8 Å². The van der Waals surface area contributed by atoms with Crippen molar-refractivity contribution >= 4 is 0 Å². The number of rotatable bonds is 7. The number of halogens is 2. The Morgan fingerprint density at radius 3 is 1.06 bits per heavy atom. The highest BCUT2D eigenvalue weighted by Crippen LogP contribution is 2.43. The van der Waals surface area contributed by atoms with E-state index in [1.807, 2.05) is 0 Å². The minimum absolute atomic E-state index is 0. The maximum atomic E-state index is 2.55. The molecule has 0 atom stereocenters. The number of piperidine rings is 2. The van der Waals surface area contributed by atoms with Gasteiger partial charge < -0.3 is 56.9 Å². The lowest BCUT2D eigenvalue weighted by Gasteiger charge is -2.42. The van der Waals surface area contributed by atoms with Crippen molar-refractivity contribution in [3.8, 4) is 0 Å². The summed E-state index contributed by atoms with van der Waals surface area (Å²) >= 11 is 0. The van der Waals surface area contributed by atoms with Gasteiger partial charge in [0.25, 0.3) is 0 Å². The van der Waals surface area contributed by atoms with Crippen LogP contribution in [-0.4, -0.2) is 62.3 Å². The van der Waals surface area contributed by atoms with E-state index in [1.54, 1.807) is 51.4 Å². The molecule has 0 bridgehead atoms. The van der Waals surface area contributed by atoms with Crippen LogP contribution in [0.5, 0.6) is 0 Å². The summed E-state index contributed by atoms with van der Waals surface area (Å²) in [6, 6.07) is 0. The van der Waals surface area contributed by atoms with Crippen LogP contribution in [0.1, 0.15) is 104 Å². The first kappa shape index (κ1) is 31.6. The standard InChI is InChI=1S/C30H58N2.2HI/c1-25-13-19-31(3,20-14-25)23-17-27-5-9-29(10-6-27)30-11-7-28(8-12-30)18-24-32(4)21-15-26(2)16-22-32;;/h25-30H,5-24H2,1-4H3;2*1H/q+2;;/p-2. The van der Waals surface area contributed by atoms with Crippen molar-refractivity contribution in [3.05, 3.63) is 0 Å². The first-order valence-electron chi connectivity index (χ1n) is 15.0. The van der Waals surface area contributed by atoms with Gasteiger partial charge in [-0.3, -0.25) is 0 Å². The highest BCUT2D eigenvalue weighted by Gasteiger charge is 2.34. The van der Waals surface area contributed by atoms with Gasteiger partial charge in [0.2, 0.25) is 0 Å². The molecule has 2 nitrogen and oxygen atoms in total. The van der Waals surface area contributed by atoms with Crippen LogP contribution in [0.2, 0.25) is 0 Å². The molecule has 0 spiro atoms. The van der Waals surface area contributed by atoms with Gasteiger partial charge in [-0.05, 0) is 125 Å². The highest BCUT2D eigenvalue weighted by atomic mass is 127. The molecule has 4 rings (SSSR count). The second-order valence-corrected chi connectivity index (χ2v) is 14.1. The Morgan fingerprint density at radius 1 is 0.471 bits per heavy atom. The first-order chi connectivity index (χ1) is 15.3. The molecule has 4 fully saturated rings. The topological polar surface area (TPSA) is 0 Å². The van der Waals surface area contributed by atoms with Crippen molar-refractivity contribution in [2.24, 2.45) is 35.5 Å². The molecule has 0 amide bonds. The first-order valence-corrected chi connectivity index (χ1v) is 15.0. The zero-order valence-electron chi connectivity index (χ0n) is 23.3. The lowest BCUT2D eigenvalue weighted by molar-refractivity contribution is -0.915. The van der Waals surface area contributed by atoms with Gasteiger partial charge >= 0.3 is 0 Å². The molecule has 0 radical (unpaired) electrons. The van der Waals surface area contributed by atoms with Gasteiger partial charge in [0.1, 0.15) is 0 Å². The highest BCUT2D eigenvalue weighted by molar-refractivity contribution is 4.82. The molecule has 0 aromatic rings. The van der Waals surface area contributed by atoms with Crippen LogP contribution in [-0.2, 0) is 0 Å². The second-order valence-electron chi connectivity index (χ2n) is 14.1. The molecule has 0 N–H and O–H groups in total. The molecular weight excluding hydrogens is 642 g/mol. The molecule has 202 valence electrons. The third-order valence-corrected chi connectivity index (χ3v) is 11.3. The van der Waals surface area contributed by atoms with Gasteiger partial charge in [-0.25, -0.2) is 0 Å². The van der Waals surface area contributed by atoms with Crippen molar-refractivity contribution in [1.29, 1.82) is 0 Å². The van der Waals surface area contributed by atoms with Gasteiger partial charge in [-0.15, -0.1) is 0 Å². The van der Waals surface area contributed by atoms with Gasteiger partial charge in [0.15, 0.2) is 0 Å². The van der Waals surface area contributed by atoms with E-state index in [4.69, 9.17) is 0 Å². The molecule has 2 saturated heterocycles. The minimum atomic E-state index is 0. The molecule has 0 aromatic carbocycles. The molecule has 34 heavy (non-hydrogen) atoms. The number of likely N-dealkylation sites (tertiary alicyclic amines) is 2. The predicted molar refractivity (Wildman–Crippen MR) is 138 cm³/mol. The van der Waals surface area contributed by atoms with Crippen molar-refractivity contribution in [3.63, 3.8) is 0 Å². The summed E-state index contributed by atoms with van der Waals surface area (Å²) < 4.78 is 2.76. The Hall–Kier alpha value is 1.38. The van der Waals surface area contributed by atoms with Crippen LogP contribution in [0.15, 0.2) is 0 Å². The summed E-state index contributed by atoms with van der Waals surface area (Å²) in [6.07, 6.45) is 21.3. The van der Waals surface area contributed by atoms with E-state index in [0.29, 0.717) is 0 Å². The normalized spacial score (nSPS) is 43.4. The quantitative estimate of drug-likeness (QED) is 0.277. The summed E-state index contributed by atoms with van der Waals surface area (Å²) in [5, 5.41) is 0. The monoisotopic (exact) mass is 700 g/mol. The number of quaternary nitrogens is 2. The molecule has 2 saturated carbocycles. The van der Waals surface area contributed by atoms with Crippen molar-refractivity contribution in [1.82, 2.24) is 0 Å². The van der Waals surface area contributed by atoms with Crippen molar-refractivity contribution < 1.29 is 56.9 Å². The lowest BCUT2D eigenvalue weighted by atomic mass is 9.68. The fourth-order valence-corrected chi connectivity index (χ4v) is 7.97. The summed E-state index contributed by atoms with van der Waals surface area (Å²) in [5.41, 5.74) is 0. The molecule has 2 heterocycles. The van der Waals surface area contributed by atoms with Crippen LogP contribution in [0.25, 0.3) is 0 Å². The van der Waals surface area contributed by atoms with E-state index in [9.17, 15) is 0 Å². The third-order valence-electron chi connectivity index (χ3n) is 11.3. The van der Waals surface area contributed by atoms with Gasteiger partial charge in [0, 0.05) is 0 Å². The van der Waals surface area contributed by atoms with E-state index in [2.05, 4.69) is 27.9 Å². The molecule has 0 aromatic heterocycles. The van der Waals surface area contributed by atoms with Crippen LogP contribution in [0.4, 0.5) is 0 Å². The number of nitrogens with zero attached hydrogens (tertiary/aromatic N) is 2. The smallest absolute Gasteiger partial charge is 0.0787 e. The van der Waals surface area contributed by atoms with Crippen LogP contribution in [0, 0.1) is 35.5 Å². The van der Waals surface area contributed by atoms with Crippen molar-refractivity contribution in [2.45, 2.75) is 104 Å². The van der Waals surface area contributed by atoms with Gasteiger partial charge in [0.05, 0.1) is 53.4 Å². The SMILES string of the molecule is CC1CC[N+](C)(CCC2CCC(C3CCC(CC[N+]4(C)CCC(C)CC4)CC3)CC2)CC1.[I-].[I-]. The van der Waals surface area contributed by atoms with Gasteiger partial charge in [-0.1, -0.05) is 13.8 Å². The Morgan fingerprint density at radius 2 is 0.765 bits per heavy atom. The predicted octanol–water partition coefficient (Wildman–Crippen LogP) is 1.14. The molecular formula is C30H58I2N2. The maximum Gasteiger partial charge on any atom is 0.0787 e. The Labute approximate surface area is 248 Å². The van der Waals surface area contributed by atoms with Crippen LogP contribution < -0.4 is 48.0 Å². The van der Waals surface area contributed by atoms with Crippen molar-refractivity contribution in [2.75, 3.05) is 53.4 Å². The molecule has 2 aliphatic carbocycles. The summed E-state index contributed by atoms with van der Waals surface area (Å²) in [5.74, 6) is 6.22. The molecule has 0 unspecified atom stereocenters. The summed E-state index contributed by atoms with van der Waals surface area (Å²) in [7, 11) is 5.09. The van der Waals surface area contributed by atoms with Crippen LogP contribution >= 0.6 is 0 Å². The largest absolute Gasteiger partial charge is 1.00 e. The zero-order chi connectivity index (χ0) is 22.6. The molecule has 4 heteroatoms. The maximum absolute atomic E-state index is 2.55. The zero-order valence-corrected chi connectivity index (χ0v) is 27.6. The third kappa shape index (κ3) is 9.29. The second kappa shape index (κ2) is 14.5. The van der Waals surface area contributed by atoms with Gasteiger partial charge in [-0.2, -0.15) is 0 Å². The fraction of sp³-hybridized carbons (Fsp3) is 1.00. The Balaban J connectivity index is 0.00000204. The molecule has 4 aliphatic rings. The lowest BCUT2D eigenvalue weighted by Crippen LogP contribution is -3.00. The average molecular weight is 701 g/mol. The number of hydrogen-bond donors (Lipinski definition) is 0. The Bertz CT molecular complexity index is 500. The Kier molecular flexibility index (Phi) is 13.5. The summed E-state index contributed by atoms with van der Waals surface area (Å²) in [4.78, 5) is 0. The van der Waals surface area contributed by atoms with E-state index >= 15 is 0 Å². The van der Waals surface area contributed by atoms with E-state index in [0.717, 1.165) is 35.5 Å². The fourth-order valence-electron chi connectivity index (χ4n) is 7.97. The average Bonchev–Trinajstić information content (AvgIpc) is 2.82. The van der Waals surface area contributed by atoms with Crippen LogP contribution in [0.3, 0.4) is 0 Å². The van der Waals surface area contributed by atoms with E-state index < -0.39 is 0 Å². The summed E-state index contributed by atoms with van der Waals surface area (Å²) in [6.45, 7) is 13.6. The van der Waals surface area contributed by atoms with E-state index in [-0.39, 0.29) is 48.0 Å². The molecule has 2 aliphatic heterocycles. The number of hydrogen-bond acceptors (Lipinski definition) is 0.